The average molecular weight is 695 g/mol. The van der Waals surface area contributed by atoms with Gasteiger partial charge in [-0.05, 0) is 44.9 Å². The highest BCUT2D eigenvalue weighted by Crippen LogP contribution is 2.26. The van der Waals surface area contributed by atoms with E-state index in [4.69, 9.17) is 23.5 Å². The van der Waals surface area contributed by atoms with Crippen LogP contribution in [0.15, 0.2) is 24.3 Å². The summed E-state index contributed by atoms with van der Waals surface area (Å²) in [4.78, 5) is 12.3. The van der Waals surface area contributed by atoms with Crippen molar-refractivity contribution in [3.63, 3.8) is 0 Å². The van der Waals surface area contributed by atoms with E-state index in [-0.39, 0.29) is 19.6 Å². The Kier molecular flexibility index (Phi) is 25.4. The number of aliphatic hydroxyl groups is 3. The molecule has 1 aliphatic rings. The van der Waals surface area contributed by atoms with Crippen LogP contribution in [0.1, 0.15) is 123 Å². The lowest BCUT2D eigenvalue weighted by Gasteiger charge is -2.41. The third kappa shape index (κ3) is 22.0. The summed E-state index contributed by atoms with van der Waals surface area (Å²) in [6.45, 7) is 3.65. The van der Waals surface area contributed by atoms with E-state index in [0.717, 1.165) is 38.5 Å². The van der Waals surface area contributed by atoms with E-state index in [9.17, 15) is 28.5 Å². The molecule has 0 amide bonds. The summed E-state index contributed by atoms with van der Waals surface area (Å²) in [5.41, 5.74) is 0. The van der Waals surface area contributed by atoms with Gasteiger partial charge < -0.3 is 34.3 Å². The van der Waals surface area contributed by atoms with Gasteiger partial charge in [0.15, 0.2) is 6.29 Å². The first kappa shape index (κ1) is 43.6. The summed E-state index contributed by atoms with van der Waals surface area (Å²) in [7, 11) is -5.04. The lowest BCUT2D eigenvalue weighted by atomic mass is 9.99. The van der Waals surface area contributed by atoms with E-state index in [1.165, 1.54) is 57.8 Å². The summed E-state index contributed by atoms with van der Waals surface area (Å²) in [5.74, 6) is -0.438. The molecule has 6 atom stereocenters. The molecule has 0 radical (unpaired) electrons. The molecule has 1 aliphatic heterocycles. The van der Waals surface area contributed by atoms with Crippen LogP contribution in [-0.2, 0) is 38.3 Å². The minimum absolute atomic E-state index is 0.0291. The second-order valence-electron chi connectivity index (χ2n) is 12.1. The van der Waals surface area contributed by atoms with Gasteiger partial charge in [0.05, 0.1) is 19.8 Å². The van der Waals surface area contributed by atoms with Crippen LogP contribution in [0, 0.1) is 0 Å². The fraction of sp³-hybridized carbons (Fsp3) is 0.853. The first-order valence-electron chi connectivity index (χ1n) is 17.6. The maximum absolute atomic E-state index is 12.3. The number of hydrogen-bond acceptors (Lipinski definition) is 11. The van der Waals surface area contributed by atoms with Crippen molar-refractivity contribution in [2.24, 2.45) is 0 Å². The van der Waals surface area contributed by atoms with E-state index >= 15 is 0 Å². The third-order valence-electron chi connectivity index (χ3n) is 7.83. The predicted molar refractivity (Wildman–Crippen MR) is 179 cm³/mol. The summed E-state index contributed by atoms with van der Waals surface area (Å²) in [6.07, 6.45) is 17.9. The van der Waals surface area contributed by atoms with Crippen molar-refractivity contribution in [2.45, 2.75) is 160 Å². The fourth-order valence-electron chi connectivity index (χ4n) is 5.09. The molecule has 12 nitrogen and oxygen atoms in total. The molecule has 0 aliphatic carbocycles. The van der Waals surface area contributed by atoms with Crippen molar-refractivity contribution >= 4 is 16.4 Å². The lowest BCUT2D eigenvalue weighted by Crippen LogP contribution is -2.60. The standard InChI is InChI=1S/C34H62O12S/c1-3-5-7-8-9-10-11-12-13-14-15-16-17-18-19-20-21-22-24-42-26-28(44-30(36)23-6-4-2)27-43-34-32(38)33(46-47(39,40)41)31(37)29(25-35)45-34/h9-10,12-13,28-29,31-35,37-38H,3-8,11,14-27H2,1-2H3,(H,39,40,41)/b10-9-,13-12-. The highest BCUT2D eigenvalue weighted by atomic mass is 32.3. The van der Waals surface area contributed by atoms with Crippen LogP contribution in [0.25, 0.3) is 0 Å². The van der Waals surface area contributed by atoms with Crippen molar-refractivity contribution < 1.29 is 56.2 Å². The number of unbranched alkanes of at least 4 members (excludes halogenated alkanes) is 12. The zero-order valence-corrected chi connectivity index (χ0v) is 29.4. The molecular formula is C34H62O12S. The maximum Gasteiger partial charge on any atom is 0.397 e. The largest absolute Gasteiger partial charge is 0.457 e. The number of carbonyl (C=O) groups is 1. The van der Waals surface area contributed by atoms with E-state index in [1.807, 2.05) is 6.92 Å². The van der Waals surface area contributed by atoms with E-state index < -0.39 is 59.8 Å². The number of aliphatic hydroxyl groups excluding tert-OH is 3. The van der Waals surface area contributed by atoms with Crippen molar-refractivity contribution in [3.8, 4) is 0 Å². The van der Waals surface area contributed by atoms with Crippen molar-refractivity contribution in [3.05, 3.63) is 24.3 Å². The smallest absolute Gasteiger partial charge is 0.397 e. The Morgan fingerprint density at radius 1 is 0.809 bits per heavy atom. The molecule has 1 saturated heterocycles. The molecule has 0 spiro atoms. The van der Waals surface area contributed by atoms with Crippen LogP contribution in [-0.4, -0.2) is 97.5 Å². The molecule has 47 heavy (non-hydrogen) atoms. The monoisotopic (exact) mass is 694 g/mol. The summed E-state index contributed by atoms with van der Waals surface area (Å²) < 4.78 is 58.0. The normalized spacial score (nSPS) is 22.7. The predicted octanol–water partition coefficient (Wildman–Crippen LogP) is 5.34. The quantitative estimate of drug-likeness (QED) is 0.0342. The number of carbonyl (C=O) groups excluding carboxylic acids is 1. The van der Waals surface area contributed by atoms with Crippen LogP contribution in [0.4, 0.5) is 0 Å². The average Bonchev–Trinajstić information content (AvgIpc) is 3.03. The molecule has 1 heterocycles. The van der Waals surface area contributed by atoms with Gasteiger partial charge in [-0.25, -0.2) is 4.18 Å². The number of hydrogen-bond donors (Lipinski definition) is 4. The first-order chi connectivity index (χ1) is 22.6. The summed E-state index contributed by atoms with van der Waals surface area (Å²) in [6, 6.07) is 0. The van der Waals surface area contributed by atoms with Crippen LogP contribution in [0.2, 0.25) is 0 Å². The molecule has 0 saturated carbocycles. The molecule has 0 aromatic carbocycles. The summed E-state index contributed by atoms with van der Waals surface area (Å²) >= 11 is 0. The molecule has 4 N–H and O–H groups in total. The first-order valence-corrected chi connectivity index (χ1v) is 19.0. The van der Waals surface area contributed by atoms with Gasteiger partial charge in [0.2, 0.25) is 0 Å². The number of allylic oxidation sites excluding steroid dienone is 4. The zero-order valence-electron chi connectivity index (χ0n) is 28.6. The van der Waals surface area contributed by atoms with Gasteiger partial charge in [-0.1, -0.05) is 95.9 Å². The topological polar surface area (TPSA) is 178 Å². The van der Waals surface area contributed by atoms with Crippen molar-refractivity contribution in [1.82, 2.24) is 0 Å². The van der Waals surface area contributed by atoms with Crippen molar-refractivity contribution in [1.29, 1.82) is 0 Å². The summed E-state index contributed by atoms with van der Waals surface area (Å²) in [5, 5.41) is 30.2. The Bertz CT molecular complexity index is 941. The van der Waals surface area contributed by atoms with E-state index in [0.29, 0.717) is 13.0 Å². The van der Waals surface area contributed by atoms with Gasteiger partial charge in [-0.3, -0.25) is 9.35 Å². The Hall–Kier alpha value is -1.42. The highest BCUT2D eigenvalue weighted by molar-refractivity contribution is 7.80. The molecule has 1 fully saturated rings. The third-order valence-corrected chi connectivity index (χ3v) is 8.29. The van der Waals surface area contributed by atoms with Crippen LogP contribution in [0.5, 0.6) is 0 Å². The molecule has 13 heteroatoms. The molecule has 0 bridgehead atoms. The maximum atomic E-state index is 12.3. The zero-order chi connectivity index (χ0) is 34.8. The number of ether oxygens (including phenoxy) is 4. The second kappa shape index (κ2) is 27.4. The van der Waals surface area contributed by atoms with Crippen molar-refractivity contribution in [2.75, 3.05) is 26.4 Å². The Morgan fingerprint density at radius 2 is 1.40 bits per heavy atom. The molecule has 276 valence electrons. The molecule has 0 aromatic rings. The van der Waals surface area contributed by atoms with Gasteiger partial charge in [-0.15, -0.1) is 0 Å². The number of esters is 1. The van der Waals surface area contributed by atoms with E-state index in [1.54, 1.807) is 0 Å². The van der Waals surface area contributed by atoms with Crippen LogP contribution < -0.4 is 0 Å². The van der Waals surface area contributed by atoms with Gasteiger partial charge in [-0.2, -0.15) is 8.42 Å². The van der Waals surface area contributed by atoms with Gasteiger partial charge in [0.25, 0.3) is 0 Å². The highest BCUT2D eigenvalue weighted by Gasteiger charge is 2.48. The van der Waals surface area contributed by atoms with Gasteiger partial charge in [0.1, 0.15) is 30.5 Å². The van der Waals surface area contributed by atoms with Crippen LogP contribution in [0.3, 0.4) is 0 Å². The van der Waals surface area contributed by atoms with Gasteiger partial charge >= 0.3 is 16.4 Å². The van der Waals surface area contributed by atoms with Crippen LogP contribution >= 0.6 is 0 Å². The molecule has 6 unspecified atom stereocenters. The molecular weight excluding hydrogens is 632 g/mol. The Labute approximate surface area is 282 Å². The SMILES string of the molecule is CCCCC/C=C\C/C=C\CCCCCCCCCCOCC(COC1OC(CO)C(O)C(OS(=O)(=O)O)C1O)OC(=O)CCCC. The minimum atomic E-state index is -5.04. The minimum Gasteiger partial charge on any atom is -0.457 e. The molecule has 0 aromatic heterocycles. The van der Waals surface area contributed by atoms with E-state index in [2.05, 4.69) is 35.4 Å². The Morgan fingerprint density at radius 3 is 2.00 bits per heavy atom. The second-order valence-corrected chi connectivity index (χ2v) is 13.2. The molecule has 1 rings (SSSR count). The Balaban J connectivity index is 2.31. The fourth-order valence-corrected chi connectivity index (χ4v) is 5.60. The lowest BCUT2D eigenvalue weighted by molar-refractivity contribution is -0.301. The van der Waals surface area contributed by atoms with Gasteiger partial charge in [0, 0.05) is 13.0 Å². The number of rotatable bonds is 29.